The van der Waals surface area contributed by atoms with Crippen LogP contribution in [0.3, 0.4) is 0 Å². The van der Waals surface area contributed by atoms with Crippen molar-refractivity contribution in [3.05, 3.63) is 87.4 Å². The van der Waals surface area contributed by atoms with Gasteiger partial charge in [0.25, 0.3) is 5.56 Å². The van der Waals surface area contributed by atoms with E-state index in [-0.39, 0.29) is 11.6 Å². The van der Waals surface area contributed by atoms with E-state index in [4.69, 9.17) is 0 Å². The zero-order chi connectivity index (χ0) is 20.7. The first-order valence-electron chi connectivity index (χ1n) is 9.58. The van der Waals surface area contributed by atoms with E-state index < -0.39 is 0 Å². The SMILES string of the molecule is C[C@H](Nc1c(-c2nc3ccc(Br)cc3[nH]2)c(=O)[nH]c2ccccc12)c1ccccn1. The van der Waals surface area contributed by atoms with Crippen molar-refractivity contribution < 1.29 is 0 Å². The summed E-state index contributed by atoms with van der Waals surface area (Å²) in [5.74, 6) is 0.519. The lowest BCUT2D eigenvalue weighted by molar-refractivity contribution is 0.840. The lowest BCUT2D eigenvalue weighted by Gasteiger charge is -2.18. The molecule has 5 rings (SSSR count). The van der Waals surface area contributed by atoms with Crippen LogP contribution in [0.15, 0.2) is 76.1 Å². The fraction of sp³-hybridized carbons (Fsp3) is 0.0870. The smallest absolute Gasteiger partial charge is 0.261 e. The van der Waals surface area contributed by atoms with Crippen molar-refractivity contribution in [2.75, 3.05) is 5.32 Å². The molecule has 7 heteroatoms. The minimum atomic E-state index is -0.206. The third kappa shape index (κ3) is 3.27. The van der Waals surface area contributed by atoms with Crippen LogP contribution in [0.2, 0.25) is 0 Å². The number of rotatable bonds is 4. The van der Waals surface area contributed by atoms with Crippen LogP contribution < -0.4 is 10.9 Å². The van der Waals surface area contributed by atoms with Crippen LogP contribution in [0.5, 0.6) is 0 Å². The summed E-state index contributed by atoms with van der Waals surface area (Å²) in [6.45, 7) is 2.03. The first-order valence-corrected chi connectivity index (χ1v) is 10.4. The Morgan fingerprint density at radius 2 is 1.83 bits per heavy atom. The average molecular weight is 460 g/mol. The van der Waals surface area contributed by atoms with E-state index in [0.29, 0.717) is 11.4 Å². The number of pyridine rings is 2. The predicted molar refractivity (Wildman–Crippen MR) is 124 cm³/mol. The van der Waals surface area contributed by atoms with Gasteiger partial charge in [0.2, 0.25) is 0 Å². The van der Waals surface area contributed by atoms with Gasteiger partial charge in [0.05, 0.1) is 34.0 Å². The maximum absolute atomic E-state index is 13.1. The van der Waals surface area contributed by atoms with Gasteiger partial charge in [0.15, 0.2) is 0 Å². The molecule has 3 N–H and O–H groups in total. The highest BCUT2D eigenvalue weighted by Crippen LogP contribution is 2.33. The van der Waals surface area contributed by atoms with Gasteiger partial charge >= 0.3 is 0 Å². The number of halogens is 1. The Kier molecular flexibility index (Phi) is 4.59. The van der Waals surface area contributed by atoms with Gasteiger partial charge in [-0.25, -0.2) is 4.98 Å². The summed E-state index contributed by atoms with van der Waals surface area (Å²) in [4.78, 5) is 28.5. The van der Waals surface area contributed by atoms with E-state index in [9.17, 15) is 4.79 Å². The summed E-state index contributed by atoms with van der Waals surface area (Å²) in [5, 5.41) is 4.43. The quantitative estimate of drug-likeness (QED) is 0.335. The Morgan fingerprint density at radius 1 is 1.00 bits per heavy atom. The molecule has 6 nitrogen and oxygen atoms in total. The number of nitrogens with zero attached hydrogens (tertiary/aromatic N) is 2. The molecule has 3 aromatic heterocycles. The van der Waals surface area contributed by atoms with Gasteiger partial charge in [-0.2, -0.15) is 0 Å². The Balaban J connectivity index is 1.73. The Bertz CT molecular complexity index is 1420. The Hall–Kier alpha value is -3.45. The summed E-state index contributed by atoms with van der Waals surface area (Å²) in [5.41, 5.74) is 4.30. The number of benzene rings is 2. The fourth-order valence-electron chi connectivity index (χ4n) is 3.64. The van der Waals surface area contributed by atoms with Crippen LogP contribution in [0.4, 0.5) is 5.69 Å². The third-order valence-electron chi connectivity index (χ3n) is 5.09. The predicted octanol–water partition coefficient (Wildman–Crippen LogP) is 5.40. The molecule has 0 bridgehead atoms. The van der Waals surface area contributed by atoms with Gasteiger partial charge in [-0.05, 0) is 43.3 Å². The van der Waals surface area contributed by atoms with Crippen LogP contribution in [-0.4, -0.2) is 19.9 Å². The number of aromatic nitrogens is 4. The van der Waals surface area contributed by atoms with Crippen molar-refractivity contribution in [2.45, 2.75) is 13.0 Å². The molecule has 0 saturated heterocycles. The van der Waals surface area contributed by atoms with Crippen LogP contribution in [0.1, 0.15) is 18.7 Å². The number of hydrogen-bond acceptors (Lipinski definition) is 4. The summed E-state index contributed by atoms with van der Waals surface area (Å²) in [6.07, 6.45) is 1.77. The van der Waals surface area contributed by atoms with E-state index in [1.54, 1.807) is 6.20 Å². The molecule has 0 unspecified atom stereocenters. The number of nitrogens with one attached hydrogen (secondary N) is 3. The highest BCUT2D eigenvalue weighted by Gasteiger charge is 2.20. The van der Waals surface area contributed by atoms with Crippen LogP contribution in [0.25, 0.3) is 33.3 Å². The molecule has 0 aliphatic carbocycles. The number of hydrogen-bond donors (Lipinski definition) is 3. The van der Waals surface area contributed by atoms with Crippen molar-refractivity contribution in [2.24, 2.45) is 0 Å². The zero-order valence-electron chi connectivity index (χ0n) is 16.1. The molecule has 0 fully saturated rings. The minimum Gasteiger partial charge on any atom is -0.376 e. The molecule has 30 heavy (non-hydrogen) atoms. The molecule has 0 aliphatic rings. The zero-order valence-corrected chi connectivity index (χ0v) is 17.7. The first kappa shape index (κ1) is 18.6. The number of H-pyrrole nitrogens is 2. The molecule has 0 aliphatic heterocycles. The molecule has 148 valence electrons. The normalized spacial score (nSPS) is 12.3. The van der Waals surface area contributed by atoms with Crippen LogP contribution in [0, 0.1) is 0 Å². The molecule has 5 aromatic rings. The van der Waals surface area contributed by atoms with E-state index in [1.165, 1.54) is 0 Å². The maximum atomic E-state index is 13.1. The lowest BCUT2D eigenvalue weighted by atomic mass is 10.1. The van der Waals surface area contributed by atoms with E-state index >= 15 is 0 Å². The molecule has 0 spiro atoms. The highest BCUT2D eigenvalue weighted by molar-refractivity contribution is 9.10. The summed E-state index contributed by atoms with van der Waals surface area (Å²) in [7, 11) is 0. The van der Waals surface area contributed by atoms with Crippen LogP contribution >= 0.6 is 15.9 Å². The molecule has 1 atom stereocenters. The second-order valence-electron chi connectivity index (χ2n) is 7.12. The summed E-state index contributed by atoms with van der Waals surface area (Å²) < 4.78 is 0.944. The number of fused-ring (bicyclic) bond motifs is 2. The van der Waals surface area contributed by atoms with Gasteiger partial charge in [-0.15, -0.1) is 0 Å². The van der Waals surface area contributed by atoms with Crippen molar-refractivity contribution in [1.82, 2.24) is 19.9 Å². The largest absolute Gasteiger partial charge is 0.376 e. The Morgan fingerprint density at radius 3 is 2.67 bits per heavy atom. The topological polar surface area (TPSA) is 86.5 Å². The fourth-order valence-corrected chi connectivity index (χ4v) is 4.00. The lowest BCUT2D eigenvalue weighted by Crippen LogP contribution is -2.17. The first-order chi connectivity index (χ1) is 14.6. The number of anilines is 1. The van der Waals surface area contributed by atoms with Gasteiger partial charge in [0, 0.05) is 16.1 Å². The number of para-hydroxylation sites is 1. The van der Waals surface area contributed by atoms with Crippen LogP contribution in [-0.2, 0) is 0 Å². The van der Waals surface area contributed by atoms with E-state index in [1.807, 2.05) is 67.6 Å². The second kappa shape index (κ2) is 7.42. The van der Waals surface area contributed by atoms with Gasteiger partial charge < -0.3 is 15.3 Å². The molecule has 2 aromatic carbocycles. The van der Waals surface area contributed by atoms with Crippen molar-refractivity contribution in [3.63, 3.8) is 0 Å². The Labute approximate surface area is 180 Å². The maximum Gasteiger partial charge on any atom is 0.261 e. The molecule has 3 heterocycles. The second-order valence-corrected chi connectivity index (χ2v) is 8.03. The highest BCUT2D eigenvalue weighted by atomic mass is 79.9. The van der Waals surface area contributed by atoms with E-state index in [0.717, 1.165) is 37.8 Å². The van der Waals surface area contributed by atoms with Crippen molar-refractivity contribution in [1.29, 1.82) is 0 Å². The molecule has 0 radical (unpaired) electrons. The minimum absolute atomic E-state index is 0.103. The monoisotopic (exact) mass is 459 g/mol. The van der Waals surface area contributed by atoms with Gasteiger partial charge in [-0.3, -0.25) is 9.78 Å². The van der Waals surface area contributed by atoms with Gasteiger partial charge in [-0.1, -0.05) is 40.2 Å². The molecule has 0 amide bonds. The number of imidazole rings is 1. The molecular formula is C23H18BrN5O. The average Bonchev–Trinajstić information content (AvgIpc) is 3.16. The molecule has 0 saturated carbocycles. The van der Waals surface area contributed by atoms with Crippen molar-refractivity contribution >= 4 is 43.6 Å². The third-order valence-corrected chi connectivity index (χ3v) is 5.59. The molecular weight excluding hydrogens is 442 g/mol. The number of aromatic amines is 2. The van der Waals surface area contributed by atoms with E-state index in [2.05, 4.69) is 41.2 Å². The van der Waals surface area contributed by atoms with Gasteiger partial charge in [0.1, 0.15) is 11.4 Å². The van der Waals surface area contributed by atoms with Crippen molar-refractivity contribution in [3.8, 4) is 11.4 Å². The standard InChI is InChI=1S/C23H18BrN5O/c1-13(16-7-4-5-11-25-16)26-21-15-6-2-3-8-17(15)29-23(30)20(21)22-27-18-10-9-14(24)12-19(18)28-22/h2-13H,1H3,(H,27,28)(H2,26,29,30)/t13-/m0/s1. The summed E-state index contributed by atoms with van der Waals surface area (Å²) >= 11 is 3.48. The summed E-state index contributed by atoms with van der Waals surface area (Å²) in [6, 6.07) is 19.2.